The lowest BCUT2D eigenvalue weighted by molar-refractivity contribution is -0.115. The van der Waals surface area contributed by atoms with Crippen LogP contribution in [0.4, 0.5) is 5.69 Å². The lowest BCUT2D eigenvalue weighted by Crippen LogP contribution is -2.14. The van der Waals surface area contributed by atoms with Crippen LogP contribution in [0.3, 0.4) is 0 Å². The summed E-state index contributed by atoms with van der Waals surface area (Å²) in [7, 11) is 1.64. The predicted octanol–water partition coefficient (Wildman–Crippen LogP) is 3.67. The van der Waals surface area contributed by atoms with Crippen molar-refractivity contribution in [1.29, 1.82) is 0 Å². The van der Waals surface area contributed by atoms with Crippen molar-refractivity contribution in [2.75, 3.05) is 12.4 Å². The number of nitrogens with one attached hydrogen (secondary N) is 2. The highest BCUT2D eigenvalue weighted by Gasteiger charge is 2.10. The smallest absolute Gasteiger partial charge is 0.228 e. The monoisotopic (exact) mass is 294 g/mol. The first-order chi connectivity index (χ1) is 10.7. The van der Waals surface area contributed by atoms with Crippen molar-refractivity contribution < 1.29 is 9.53 Å². The molecule has 1 heterocycles. The van der Waals surface area contributed by atoms with Crippen LogP contribution in [0.25, 0.3) is 10.9 Å². The second-order valence-electron chi connectivity index (χ2n) is 5.32. The van der Waals surface area contributed by atoms with Gasteiger partial charge >= 0.3 is 0 Å². The van der Waals surface area contributed by atoms with Gasteiger partial charge in [0.1, 0.15) is 5.75 Å². The SMILES string of the molecule is COc1ccc2c(CC(=O)Nc3cccc(C)c3)c[nH]c2c1. The van der Waals surface area contributed by atoms with E-state index in [1.165, 1.54) is 0 Å². The molecule has 4 nitrogen and oxygen atoms in total. The van der Waals surface area contributed by atoms with Crippen LogP contribution in [-0.4, -0.2) is 18.0 Å². The molecule has 0 unspecified atom stereocenters. The highest BCUT2D eigenvalue weighted by Crippen LogP contribution is 2.23. The Labute approximate surface area is 129 Å². The van der Waals surface area contributed by atoms with Gasteiger partial charge in [-0.3, -0.25) is 4.79 Å². The van der Waals surface area contributed by atoms with Gasteiger partial charge in [0.2, 0.25) is 5.91 Å². The van der Waals surface area contributed by atoms with Gasteiger partial charge in [-0.2, -0.15) is 0 Å². The Morgan fingerprint density at radius 2 is 2.09 bits per heavy atom. The molecular weight excluding hydrogens is 276 g/mol. The topological polar surface area (TPSA) is 54.1 Å². The Morgan fingerprint density at radius 3 is 2.86 bits per heavy atom. The van der Waals surface area contributed by atoms with Gasteiger partial charge in [0.05, 0.1) is 13.5 Å². The van der Waals surface area contributed by atoms with Gasteiger partial charge < -0.3 is 15.0 Å². The summed E-state index contributed by atoms with van der Waals surface area (Å²) in [5.74, 6) is 0.771. The van der Waals surface area contributed by atoms with Crippen LogP contribution in [0.1, 0.15) is 11.1 Å². The Balaban J connectivity index is 1.76. The summed E-state index contributed by atoms with van der Waals surface area (Å²) in [5.41, 5.74) is 3.89. The number of hydrogen-bond donors (Lipinski definition) is 2. The zero-order valence-electron chi connectivity index (χ0n) is 12.6. The summed E-state index contributed by atoms with van der Waals surface area (Å²) in [6.07, 6.45) is 2.21. The minimum Gasteiger partial charge on any atom is -0.497 e. The Kier molecular flexibility index (Phi) is 3.83. The van der Waals surface area contributed by atoms with Gasteiger partial charge in [-0.15, -0.1) is 0 Å². The van der Waals surface area contributed by atoms with E-state index in [1.807, 2.05) is 55.6 Å². The van der Waals surface area contributed by atoms with Crippen LogP contribution in [0.2, 0.25) is 0 Å². The maximum absolute atomic E-state index is 12.2. The average Bonchev–Trinajstić information content (AvgIpc) is 2.89. The van der Waals surface area contributed by atoms with Gasteiger partial charge in [0, 0.05) is 28.9 Å². The van der Waals surface area contributed by atoms with E-state index in [1.54, 1.807) is 7.11 Å². The minimum atomic E-state index is -0.0256. The number of aromatic nitrogens is 1. The number of amides is 1. The molecular formula is C18H18N2O2. The molecule has 0 radical (unpaired) electrons. The highest BCUT2D eigenvalue weighted by molar-refractivity contribution is 5.96. The van der Waals surface area contributed by atoms with Gasteiger partial charge in [0.25, 0.3) is 0 Å². The fraction of sp³-hybridized carbons (Fsp3) is 0.167. The van der Waals surface area contributed by atoms with E-state index in [4.69, 9.17) is 4.74 Å². The molecule has 0 saturated heterocycles. The molecule has 0 aliphatic heterocycles. The van der Waals surface area contributed by atoms with Crippen molar-refractivity contribution in [1.82, 2.24) is 4.98 Å². The second-order valence-corrected chi connectivity index (χ2v) is 5.32. The zero-order valence-corrected chi connectivity index (χ0v) is 12.6. The van der Waals surface area contributed by atoms with E-state index in [0.29, 0.717) is 6.42 Å². The lowest BCUT2D eigenvalue weighted by atomic mass is 10.1. The van der Waals surface area contributed by atoms with Crippen LogP contribution >= 0.6 is 0 Å². The summed E-state index contributed by atoms with van der Waals surface area (Å²) < 4.78 is 5.20. The van der Waals surface area contributed by atoms with Crippen LogP contribution < -0.4 is 10.1 Å². The maximum Gasteiger partial charge on any atom is 0.228 e. The van der Waals surface area contributed by atoms with Crippen molar-refractivity contribution in [3.63, 3.8) is 0 Å². The van der Waals surface area contributed by atoms with Crippen LogP contribution in [0.15, 0.2) is 48.7 Å². The second kappa shape index (κ2) is 5.93. The number of aromatic amines is 1. The molecule has 4 heteroatoms. The molecule has 0 bridgehead atoms. The maximum atomic E-state index is 12.2. The van der Waals surface area contributed by atoms with E-state index >= 15 is 0 Å². The Bertz CT molecular complexity index is 821. The molecule has 0 aliphatic carbocycles. The third kappa shape index (κ3) is 2.96. The first-order valence-corrected chi connectivity index (χ1v) is 7.16. The van der Waals surface area contributed by atoms with Crippen molar-refractivity contribution in [2.24, 2.45) is 0 Å². The number of H-pyrrole nitrogens is 1. The summed E-state index contributed by atoms with van der Waals surface area (Å²) in [4.78, 5) is 15.4. The standard InChI is InChI=1S/C18H18N2O2/c1-12-4-3-5-14(8-12)20-18(21)9-13-11-19-17-10-15(22-2)6-7-16(13)17/h3-8,10-11,19H,9H2,1-2H3,(H,20,21). The van der Waals surface area contributed by atoms with E-state index in [2.05, 4.69) is 10.3 Å². The van der Waals surface area contributed by atoms with Crippen LogP contribution in [0, 0.1) is 6.92 Å². The zero-order chi connectivity index (χ0) is 15.5. The molecule has 22 heavy (non-hydrogen) atoms. The molecule has 3 rings (SSSR count). The van der Waals surface area contributed by atoms with E-state index < -0.39 is 0 Å². The number of rotatable bonds is 4. The number of hydrogen-bond acceptors (Lipinski definition) is 2. The van der Waals surface area contributed by atoms with Gasteiger partial charge in [0.15, 0.2) is 0 Å². The van der Waals surface area contributed by atoms with Crippen LogP contribution in [-0.2, 0) is 11.2 Å². The van der Waals surface area contributed by atoms with Crippen molar-refractivity contribution in [3.05, 3.63) is 59.8 Å². The number of carbonyl (C=O) groups is 1. The predicted molar refractivity (Wildman–Crippen MR) is 88.4 cm³/mol. The summed E-state index contributed by atoms with van der Waals surface area (Å²) in [5, 5.41) is 3.97. The number of ether oxygens (including phenoxy) is 1. The van der Waals surface area contributed by atoms with Crippen molar-refractivity contribution >= 4 is 22.5 Å². The first kappa shape index (κ1) is 14.2. The van der Waals surface area contributed by atoms with E-state index in [9.17, 15) is 4.79 Å². The highest BCUT2D eigenvalue weighted by atomic mass is 16.5. The average molecular weight is 294 g/mol. The molecule has 112 valence electrons. The molecule has 0 fully saturated rings. The van der Waals surface area contributed by atoms with E-state index in [-0.39, 0.29) is 5.91 Å². The van der Waals surface area contributed by atoms with Crippen LogP contribution in [0.5, 0.6) is 5.75 Å². The summed E-state index contributed by atoms with van der Waals surface area (Å²) in [6, 6.07) is 13.6. The van der Waals surface area contributed by atoms with Gasteiger partial charge in [-0.05, 0) is 42.3 Å². The number of aryl methyl sites for hydroxylation is 1. The largest absolute Gasteiger partial charge is 0.497 e. The molecule has 3 aromatic rings. The Hall–Kier alpha value is -2.75. The molecule has 0 spiro atoms. The first-order valence-electron chi connectivity index (χ1n) is 7.16. The molecule has 0 saturated carbocycles. The molecule has 0 atom stereocenters. The molecule has 0 aliphatic rings. The van der Waals surface area contributed by atoms with E-state index in [0.717, 1.165) is 33.5 Å². The molecule has 2 aromatic carbocycles. The number of benzene rings is 2. The quantitative estimate of drug-likeness (QED) is 0.771. The summed E-state index contributed by atoms with van der Waals surface area (Å²) >= 11 is 0. The molecule has 2 N–H and O–H groups in total. The lowest BCUT2D eigenvalue weighted by Gasteiger charge is -2.06. The van der Waals surface area contributed by atoms with Gasteiger partial charge in [-0.1, -0.05) is 12.1 Å². The third-order valence-electron chi connectivity index (χ3n) is 3.63. The molecule has 1 amide bonds. The normalized spacial score (nSPS) is 10.6. The number of carbonyl (C=O) groups excluding carboxylic acids is 1. The van der Waals surface area contributed by atoms with Crippen molar-refractivity contribution in [2.45, 2.75) is 13.3 Å². The Morgan fingerprint density at radius 1 is 1.23 bits per heavy atom. The molecule has 1 aromatic heterocycles. The fourth-order valence-electron chi connectivity index (χ4n) is 2.54. The fourth-order valence-corrected chi connectivity index (χ4v) is 2.54. The van der Waals surface area contributed by atoms with Gasteiger partial charge in [-0.25, -0.2) is 0 Å². The number of methoxy groups -OCH3 is 1. The third-order valence-corrected chi connectivity index (χ3v) is 3.63. The summed E-state index contributed by atoms with van der Waals surface area (Å²) in [6.45, 7) is 2.00. The minimum absolute atomic E-state index is 0.0256. The van der Waals surface area contributed by atoms with Crippen molar-refractivity contribution in [3.8, 4) is 5.75 Å². The number of anilines is 1. The number of fused-ring (bicyclic) bond motifs is 1.